The summed E-state index contributed by atoms with van der Waals surface area (Å²) >= 11 is 5.87. The van der Waals surface area contributed by atoms with Crippen LogP contribution in [0.4, 0.5) is 0 Å². The van der Waals surface area contributed by atoms with Crippen LogP contribution in [0, 0.1) is 0 Å². The maximum atomic E-state index is 12.4. The van der Waals surface area contributed by atoms with E-state index in [1.54, 1.807) is 18.3 Å². The van der Waals surface area contributed by atoms with E-state index in [4.69, 9.17) is 11.6 Å². The minimum absolute atomic E-state index is 0.0366. The van der Waals surface area contributed by atoms with Crippen LogP contribution in [0.5, 0.6) is 0 Å². The van der Waals surface area contributed by atoms with Crippen LogP contribution < -0.4 is 5.32 Å². The standard InChI is InChI=1S/C16H17ClN2O/c1-16(2,12-6-8-13(17)9-7-12)15(20)19-11-14-5-3-4-10-18-14/h3-10H,11H2,1-2H3,(H,19,20). The van der Waals surface area contributed by atoms with Gasteiger partial charge in [0.2, 0.25) is 5.91 Å². The molecular formula is C16H17ClN2O. The molecule has 2 aromatic rings. The first-order chi connectivity index (χ1) is 9.50. The maximum absolute atomic E-state index is 12.4. The molecule has 4 heteroatoms. The molecule has 1 amide bonds. The molecule has 0 unspecified atom stereocenters. The lowest BCUT2D eigenvalue weighted by Gasteiger charge is -2.24. The molecule has 3 nitrogen and oxygen atoms in total. The second kappa shape index (κ2) is 6.06. The van der Waals surface area contributed by atoms with Gasteiger partial charge in [0.1, 0.15) is 0 Å². The zero-order valence-corrected chi connectivity index (χ0v) is 12.3. The zero-order chi connectivity index (χ0) is 14.6. The van der Waals surface area contributed by atoms with Crippen molar-refractivity contribution >= 4 is 17.5 Å². The van der Waals surface area contributed by atoms with E-state index in [1.807, 2.05) is 44.2 Å². The van der Waals surface area contributed by atoms with E-state index in [9.17, 15) is 4.79 Å². The molecule has 2 rings (SSSR count). The van der Waals surface area contributed by atoms with Crippen LogP contribution in [0.2, 0.25) is 5.02 Å². The molecule has 0 fully saturated rings. The molecule has 1 aromatic heterocycles. The minimum Gasteiger partial charge on any atom is -0.350 e. The van der Waals surface area contributed by atoms with E-state index in [-0.39, 0.29) is 5.91 Å². The number of amides is 1. The molecule has 0 atom stereocenters. The molecule has 20 heavy (non-hydrogen) atoms. The fourth-order valence-electron chi connectivity index (χ4n) is 1.89. The van der Waals surface area contributed by atoms with Gasteiger partial charge in [-0.25, -0.2) is 0 Å². The summed E-state index contributed by atoms with van der Waals surface area (Å²) in [6.07, 6.45) is 1.71. The summed E-state index contributed by atoms with van der Waals surface area (Å²) in [4.78, 5) is 16.5. The molecule has 0 radical (unpaired) electrons. The number of hydrogen-bond acceptors (Lipinski definition) is 2. The monoisotopic (exact) mass is 288 g/mol. The Morgan fingerprint density at radius 1 is 1.20 bits per heavy atom. The van der Waals surface area contributed by atoms with Gasteiger partial charge < -0.3 is 5.32 Å². The lowest BCUT2D eigenvalue weighted by Crippen LogP contribution is -2.39. The van der Waals surface area contributed by atoms with Gasteiger partial charge in [-0.05, 0) is 43.7 Å². The van der Waals surface area contributed by atoms with E-state index in [0.717, 1.165) is 11.3 Å². The SMILES string of the molecule is CC(C)(C(=O)NCc1ccccn1)c1ccc(Cl)cc1. The van der Waals surface area contributed by atoms with Gasteiger partial charge in [-0.15, -0.1) is 0 Å². The normalized spacial score (nSPS) is 11.2. The largest absolute Gasteiger partial charge is 0.350 e. The van der Waals surface area contributed by atoms with Crippen LogP contribution in [0.25, 0.3) is 0 Å². The van der Waals surface area contributed by atoms with E-state index in [2.05, 4.69) is 10.3 Å². The zero-order valence-electron chi connectivity index (χ0n) is 11.6. The first-order valence-electron chi connectivity index (χ1n) is 6.44. The molecular weight excluding hydrogens is 272 g/mol. The third-order valence-electron chi connectivity index (χ3n) is 3.29. The average Bonchev–Trinajstić information content (AvgIpc) is 2.46. The highest BCUT2D eigenvalue weighted by Crippen LogP contribution is 2.24. The van der Waals surface area contributed by atoms with Crippen LogP contribution >= 0.6 is 11.6 Å². The highest BCUT2D eigenvalue weighted by molar-refractivity contribution is 6.30. The van der Waals surface area contributed by atoms with Gasteiger partial charge in [0.05, 0.1) is 17.7 Å². The van der Waals surface area contributed by atoms with Crippen LogP contribution in [-0.4, -0.2) is 10.9 Å². The van der Waals surface area contributed by atoms with Crippen molar-refractivity contribution in [3.8, 4) is 0 Å². The van der Waals surface area contributed by atoms with Gasteiger partial charge in [-0.3, -0.25) is 9.78 Å². The van der Waals surface area contributed by atoms with Crippen molar-refractivity contribution in [2.24, 2.45) is 0 Å². The molecule has 0 saturated heterocycles. The molecule has 1 aromatic carbocycles. The van der Waals surface area contributed by atoms with E-state index in [1.165, 1.54) is 0 Å². The Morgan fingerprint density at radius 3 is 2.50 bits per heavy atom. The quantitative estimate of drug-likeness (QED) is 0.938. The summed E-state index contributed by atoms with van der Waals surface area (Å²) < 4.78 is 0. The molecule has 0 aliphatic carbocycles. The lowest BCUT2D eigenvalue weighted by molar-refractivity contribution is -0.125. The van der Waals surface area contributed by atoms with Crippen molar-refractivity contribution in [1.29, 1.82) is 0 Å². The van der Waals surface area contributed by atoms with Crippen molar-refractivity contribution in [2.75, 3.05) is 0 Å². The van der Waals surface area contributed by atoms with Gasteiger partial charge in [-0.1, -0.05) is 29.8 Å². The first kappa shape index (κ1) is 14.5. The van der Waals surface area contributed by atoms with Gasteiger partial charge in [0, 0.05) is 11.2 Å². The van der Waals surface area contributed by atoms with Gasteiger partial charge in [0.15, 0.2) is 0 Å². The van der Waals surface area contributed by atoms with E-state index < -0.39 is 5.41 Å². The van der Waals surface area contributed by atoms with E-state index >= 15 is 0 Å². The molecule has 0 aliphatic rings. The predicted octanol–water partition coefficient (Wildman–Crippen LogP) is 3.33. The Bertz CT molecular complexity index is 579. The average molecular weight is 289 g/mol. The second-order valence-electron chi connectivity index (χ2n) is 5.14. The number of rotatable bonds is 4. The number of hydrogen-bond donors (Lipinski definition) is 1. The predicted molar refractivity (Wildman–Crippen MR) is 80.6 cm³/mol. The number of aromatic nitrogens is 1. The summed E-state index contributed by atoms with van der Waals surface area (Å²) in [5.74, 6) is -0.0366. The third kappa shape index (κ3) is 3.36. The fraction of sp³-hybridized carbons (Fsp3) is 0.250. The summed E-state index contributed by atoms with van der Waals surface area (Å²) in [6.45, 7) is 4.21. The Kier molecular flexibility index (Phi) is 4.40. The van der Waals surface area contributed by atoms with Crippen molar-refractivity contribution < 1.29 is 4.79 Å². The second-order valence-corrected chi connectivity index (χ2v) is 5.57. The Labute approximate surface area is 124 Å². The number of nitrogens with one attached hydrogen (secondary N) is 1. The summed E-state index contributed by atoms with van der Waals surface area (Å²) in [5.41, 5.74) is 1.16. The molecule has 0 saturated carbocycles. The minimum atomic E-state index is -0.612. The molecule has 0 aliphatic heterocycles. The van der Waals surface area contributed by atoms with Crippen LogP contribution in [0.3, 0.4) is 0 Å². The number of carbonyl (C=O) groups excluding carboxylic acids is 1. The molecule has 0 bridgehead atoms. The number of nitrogens with zero attached hydrogens (tertiary/aromatic N) is 1. The van der Waals surface area contributed by atoms with Crippen molar-refractivity contribution in [1.82, 2.24) is 10.3 Å². The first-order valence-corrected chi connectivity index (χ1v) is 6.82. The van der Waals surface area contributed by atoms with Crippen LogP contribution in [0.1, 0.15) is 25.1 Å². The van der Waals surface area contributed by atoms with Crippen LogP contribution in [-0.2, 0) is 16.8 Å². The maximum Gasteiger partial charge on any atom is 0.230 e. The molecule has 1 N–H and O–H groups in total. The Hall–Kier alpha value is -1.87. The Morgan fingerprint density at radius 2 is 1.90 bits per heavy atom. The van der Waals surface area contributed by atoms with Gasteiger partial charge in [-0.2, -0.15) is 0 Å². The van der Waals surface area contributed by atoms with Crippen molar-refractivity contribution in [2.45, 2.75) is 25.8 Å². The summed E-state index contributed by atoms with van der Waals surface area (Å²) in [6, 6.07) is 13.0. The highest BCUT2D eigenvalue weighted by Gasteiger charge is 2.29. The number of carbonyl (C=O) groups is 1. The molecule has 1 heterocycles. The van der Waals surface area contributed by atoms with Crippen LogP contribution in [0.15, 0.2) is 48.7 Å². The third-order valence-corrected chi connectivity index (χ3v) is 3.54. The van der Waals surface area contributed by atoms with Crippen molar-refractivity contribution in [3.05, 3.63) is 64.9 Å². The lowest BCUT2D eigenvalue weighted by atomic mass is 9.84. The topological polar surface area (TPSA) is 42.0 Å². The summed E-state index contributed by atoms with van der Waals surface area (Å²) in [5, 5.41) is 3.58. The highest BCUT2D eigenvalue weighted by atomic mass is 35.5. The smallest absolute Gasteiger partial charge is 0.230 e. The summed E-state index contributed by atoms with van der Waals surface area (Å²) in [7, 11) is 0. The molecule has 104 valence electrons. The van der Waals surface area contributed by atoms with E-state index in [0.29, 0.717) is 11.6 Å². The Balaban J connectivity index is 2.05. The molecule has 0 spiro atoms. The number of pyridine rings is 1. The van der Waals surface area contributed by atoms with Gasteiger partial charge in [0.25, 0.3) is 0 Å². The number of benzene rings is 1. The van der Waals surface area contributed by atoms with Gasteiger partial charge >= 0.3 is 0 Å². The fourth-order valence-corrected chi connectivity index (χ4v) is 2.02. The number of halogens is 1. The van der Waals surface area contributed by atoms with Crippen molar-refractivity contribution in [3.63, 3.8) is 0 Å².